The molecule has 2 heteroatoms. The molecule has 1 aromatic heterocycles. The second-order valence-electron chi connectivity index (χ2n) is 4.07. The van der Waals surface area contributed by atoms with Crippen LogP contribution in [-0.2, 0) is 6.42 Å². The van der Waals surface area contributed by atoms with Crippen molar-refractivity contribution in [2.75, 3.05) is 7.11 Å². The molecule has 2 aromatic rings. The maximum absolute atomic E-state index is 5.13. The molecule has 1 aromatic carbocycles. The van der Waals surface area contributed by atoms with E-state index >= 15 is 0 Å². The maximum atomic E-state index is 5.13. The van der Waals surface area contributed by atoms with Crippen LogP contribution in [0.25, 0.3) is 6.08 Å². The van der Waals surface area contributed by atoms with Crippen molar-refractivity contribution in [3.63, 3.8) is 0 Å². The summed E-state index contributed by atoms with van der Waals surface area (Å²) in [5.41, 5.74) is 2.52. The molecule has 0 amide bonds. The van der Waals surface area contributed by atoms with Gasteiger partial charge in [-0.2, -0.15) is 0 Å². The average Bonchev–Trinajstić information content (AvgIpc) is 2.45. The first-order chi connectivity index (χ1) is 8.88. The first-order valence-electron chi connectivity index (χ1n) is 6.08. The summed E-state index contributed by atoms with van der Waals surface area (Å²) in [6, 6.07) is 12.2. The van der Waals surface area contributed by atoms with E-state index in [0.29, 0.717) is 0 Å². The van der Waals surface area contributed by atoms with Crippen LogP contribution in [0.2, 0.25) is 0 Å². The molecule has 0 unspecified atom stereocenters. The Bertz CT molecular complexity index is 488. The number of methoxy groups -OCH3 is 1. The SMILES string of the molecule is COc1ccc(CCC=Cc2ccncc2)cc1. The lowest BCUT2D eigenvalue weighted by Gasteiger charge is -2.01. The summed E-state index contributed by atoms with van der Waals surface area (Å²) in [5.74, 6) is 0.908. The van der Waals surface area contributed by atoms with Crippen LogP contribution in [0.5, 0.6) is 5.75 Å². The quantitative estimate of drug-likeness (QED) is 0.793. The maximum Gasteiger partial charge on any atom is 0.118 e. The van der Waals surface area contributed by atoms with Crippen molar-refractivity contribution in [1.82, 2.24) is 4.98 Å². The largest absolute Gasteiger partial charge is 0.497 e. The summed E-state index contributed by atoms with van der Waals surface area (Å²) in [6.45, 7) is 0. The smallest absolute Gasteiger partial charge is 0.118 e. The molecule has 0 atom stereocenters. The fraction of sp³-hybridized carbons (Fsp3) is 0.188. The molecule has 18 heavy (non-hydrogen) atoms. The Labute approximate surface area is 108 Å². The second kappa shape index (κ2) is 6.60. The van der Waals surface area contributed by atoms with Gasteiger partial charge in [0.25, 0.3) is 0 Å². The van der Waals surface area contributed by atoms with E-state index in [0.717, 1.165) is 18.6 Å². The van der Waals surface area contributed by atoms with Gasteiger partial charge in [-0.25, -0.2) is 0 Å². The van der Waals surface area contributed by atoms with E-state index < -0.39 is 0 Å². The lowest BCUT2D eigenvalue weighted by Crippen LogP contribution is -1.85. The van der Waals surface area contributed by atoms with Crippen LogP contribution in [0.1, 0.15) is 17.5 Å². The van der Waals surface area contributed by atoms with Crippen molar-refractivity contribution in [3.8, 4) is 5.75 Å². The van der Waals surface area contributed by atoms with Gasteiger partial charge >= 0.3 is 0 Å². The Morgan fingerprint density at radius 1 is 1.06 bits per heavy atom. The normalized spacial score (nSPS) is 10.7. The van der Waals surface area contributed by atoms with Gasteiger partial charge in [0, 0.05) is 12.4 Å². The van der Waals surface area contributed by atoms with Gasteiger partial charge in [-0.1, -0.05) is 24.3 Å². The van der Waals surface area contributed by atoms with Crippen LogP contribution in [-0.4, -0.2) is 12.1 Å². The Hall–Kier alpha value is -2.09. The molecule has 0 saturated heterocycles. The van der Waals surface area contributed by atoms with Crippen molar-refractivity contribution < 1.29 is 4.74 Å². The van der Waals surface area contributed by atoms with Crippen molar-refractivity contribution in [2.45, 2.75) is 12.8 Å². The van der Waals surface area contributed by atoms with Crippen molar-refractivity contribution in [3.05, 3.63) is 66.0 Å². The minimum atomic E-state index is 0.908. The van der Waals surface area contributed by atoms with E-state index in [4.69, 9.17) is 4.74 Å². The van der Waals surface area contributed by atoms with E-state index in [-0.39, 0.29) is 0 Å². The number of rotatable bonds is 5. The fourth-order valence-corrected chi connectivity index (χ4v) is 1.74. The molecule has 0 aliphatic rings. The van der Waals surface area contributed by atoms with E-state index in [1.807, 2.05) is 36.7 Å². The third-order valence-corrected chi connectivity index (χ3v) is 2.78. The number of hydrogen-bond donors (Lipinski definition) is 0. The summed E-state index contributed by atoms with van der Waals surface area (Å²) in [7, 11) is 1.69. The zero-order valence-corrected chi connectivity index (χ0v) is 10.5. The highest BCUT2D eigenvalue weighted by molar-refractivity contribution is 5.47. The molecular weight excluding hydrogens is 222 g/mol. The fourth-order valence-electron chi connectivity index (χ4n) is 1.74. The minimum absolute atomic E-state index is 0.908. The van der Waals surface area contributed by atoms with Crippen LogP contribution in [0, 0.1) is 0 Å². The van der Waals surface area contributed by atoms with Gasteiger partial charge in [0.15, 0.2) is 0 Å². The van der Waals surface area contributed by atoms with Gasteiger partial charge in [0.2, 0.25) is 0 Å². The zero-order chi connectivity index (χ0) is 12.6. The highest BCUT2D eigenvalue weighted by Crippen LogP contribution is 2.13. The number of nitrogens with zero attached hydrogens (tertiary/aromatic N) is 1. The monoisotopic (exact) mass is 239 g/mol. The molecule has 92 valence electrons. The standard InChI is InChI=1S/C16H17NO/c1-18-16-8-6-14(7-9-16)4-2-3-5-15-10-12-17-13-11-15/h3,5-13H,2,4H2,1H3. The van der Waals surface area contributed by atoms with Gasteiger partial charge in [-0.3, -0.25) is 4.98 Å². The van der Waals surface area contributed by atoms with Crippen LogP contribution in [0.15, 0.2) is 54.9 Å². The van der Waals surface area contributed by atoms with E-state index in [2.05, 4.69) is 29.3 Å². The van der Waals surface area contributed by atoms with E-state index in [9.17, 15) is 0 Å². The third-order valence-electron chi connectivity index (χ3n) is 2.78. The van der Waals surface area contributed by atoms with Crippen LogP contribution >= 0.6 is 0 Å². The van der Waals surface area contributed by atoms with Gasteiger partial charge in [-0.15, -0.1) is 0 Å². The second-order valence-corrected chi connectivity index (χ2v) is 4.07. The first-order valence-corrected chi connectivity index (χ1v) is 6.08. The lowest BCUT2D eigenvalue weighted by molar-refractivity contribution is 0.414. The zero-order valence-electron chi connectivity index (χ0n) is 10.5. The summed E-state index contributed by atoms with van der Waals surface area (Å²) in [6.07, 6.45) is 10.0. The Morgan fingerprint density at radius 3 is 2.44 bits per heavy atom. The average molecular weight is 239 g/mol. The van der Waals surface area contributed by atoms with E-state index in [1.165, 1.54) is 11.1 Å². The van der Waals surface area contributed by atoms with Crippen molar-refractivity contribution in [1.29, 1.82) is 0 Å². The molecule has 0 fully saturated rings. The number of allylic oxidation sites excluding steroid dienone is 1. The third kappa shape index (κ3) is 3.74. The lowest BCUT2D eigenvalue weighted by atomic mass is 10.1. The molecule has 0 aliphatic carbocycles. The van der Waals surface area contributed by atoms with Gasteiger partial charge in [0.1, 0.15) is 5.75 Å². The highest BCUT2D eigenvalue weighted by atomic mass is 16.5. The molecule has 2 rings (SSSR count). The number of benzene rings is 1. The van der Waals surface area contributed by atoms with Crippen molar-refractivity contribution >= 4 is 6.08 Å². The topological polar surface area (TPSA) is 22.1 Å². The summed E-state index contributed by atoms with van der Waals surface area (Å²) in [4.78, 5) is 3.99. The van der Waals surface area contributed by atoms with Gasteiger partial charge < -0.3 is 4.74 Å². The molecule has 0 spiro atoms. The predicted octanol–water partition coefficient (Wildman–Crippen LogP) is 3.74. The van der Waals surface area contributed by atoms with E-state index in [1.54, 1.807) is 7.11 Å². The predicted molar refractivity (Wildman–Crippen MR) is 74.6 cm³/mol. The Morgan fingerprint density at radius 2 is 1.78 bits per heavy atom. The van der Waals surface area contributed by atoms with Gasteiger partial charge in [-0.05, 0) is 48.2 Å². The molecular formula is C16H17NO. The Kier molecular flexibility index (Phi) is 4.53. The number of aryl methyl sites for hydroxylation is 1. The number of hydrogen-bond acceptors (Lipinski definition) is 2. The summed E-state index contributed by atoms with van der Waals surface area (Å²) < 4.78 is 5.13. The van der Waals surface area contributed by atoms with Crippen LogP contribution < -0.4 is 4.74 Å². The summed E-state index contributed by atoms with van der Waals surface area (Å²) >= 11 is 0. The van der Waals surface area contributed by atoms with Crippen molar-refractivity contribution in [2.24, 2.45) is 0 Å². The summed E-state index contributed by atoms with van der Waals surface area (Å²) in [5, 5.41) is 0. The van der Waals surface area contributed by atoms with Crippen LogP contribution in [0.3, 0.4) is 0 Å². The number of pyridine rings is 1. The number of aromatic nitrogens is 1. The molecule has 0 saturated carbocycles. The molecule has 2 nitrogen and oxygen atoms in total. The molecule has 0 bridgehead atoms. The minimum Gasteiger partial charge on any atom is -0.497 e. The Balaban J connectivity index is 1.83. The van der Waals surface area contributed by atoms with Crippen LogP contribution in [0.4, 0.5) is 0 Å². The first kappa shape index (κ1) is 12.4. The highest BCUT2D eigenvalue weighted by Gasteiger charge is 1.93. The van der Waals surface area contributed by atoms with Gasteiger partial charge in [0.05, 0.1) is 7.11 Å². The molecule has 0 radical (unpaired) electrons. The molecule has 0 aliphatic heterocycles. The molecule has 1 heterocycles. The number of ether oxygens (including phenoxy) is 1. The molecule has 0 N–H and O–H groups in total.